The maximum atomic E-state index is 10.9. The molecule has 0 amide bonds. The summed E-state index contributed by atoms with van der Waals surface area (Å²) in [6, 6.07) is 3.77. The van der Waals surface area contributed by atoms with Crippen LogP contribution in [0.25, 0.3) is 0 Å². The third-order valence-corrected chi connectivity index (χ3v) is 2.95. The zero-order valence-electron chi connectivity index (χ0n) is 10.4. The van der Waals surface area contributed by atoms with E-state index in [0.29, 0.717) is 16.8 Å². The molecule has 0 unspecified atom stereocenters. The summed E-state index contributed by atoms with van der Waals surface area (Å²) >= 11 is 0. The number of nitrogen functional groups attached to an aromatic ring is 1. The quantitative estimate of drug-likeness (QED) is 0.483. The van der Waals surface area contributed by atoms with Gasteiger partial charge in [0.15, 0.2) is 0 Å². The highest BCUT2D eigenvalue weighted by atomic mass is 32.2. The fraction of sp³-hybridized carbons (Fsp3) is 0.364. The van der Waals surface area contributed by atoms with Gasteiger partial charge in [0, 0.05) is 11.3 Å². The largest absolute Gasteiger partial charge is 0.480 e. The van der Waals surface area contributed by atoms with Gasteiger partial charge >= 0.3 is 5.97 Å². The number of aliphatic carboxylic acids is 1. The molecule has 0 radical (unpaired) electrons. The van der Waals surface area contributed by atoms with Gasteiger partial charge in [-0.1, -0.05) is 12.1 Å². The van der Waals surface area contributed by atoms with Crippen molar-refractivity contribution in [1.82, 2.24) is 0 Å². The van der Waals surface area contributed by atoms with Crippen molar-refractivity contribution in [1.29, 1.82) is 0 Å². The van der Waals surface area contributed by atoms with Crippen molar-refractivity contribution in [2.24, 2.45) is 5.73 Å². The van der Waals surface area contributed by atoms with E-state index in [1.807, 2.05) is 0 Å². The van der Waals surface area contributed by atoms with Gasteiger partial charge in [-0.05, 0) is 18.1 Å². The van der Waals surface area contributed by atoms with Crippen molar-refractivity contribution in [2.45, 2.75) is 19.1 Å². The van der Waals surface area contributed by atoms with Crippen molar-refractivity contribution in [3.05, 3.63) is 29.3 Å². The Morgan fingerprint density at radius 3 is 2.63 bits per heavy atom. The molecule has 0 bridgehead atoms. The van der Waals surface area contributed by atoms with Crippen LogP contribution < -0.4 is 11.5 Å². The fourth-order valence-corrected chi connectivity index (χ4v) is 1.76. The molecule has 1 aromatic carbocycles. The highest BCUT2D eigenvalue weighted by molar-refractivity contribution is 7.85. The predicted molar refractivity (Wildman–Crippen MR) is 69.8 cm³/mol. The minimum Gasteiger partial charge on any atom is -0.480 e. The SMILES string of the molecule is CS(=O)(=O)OCc1cc(C[C@H](N)C(=O)O)ccc1N. The average molecular weight is 288 g/mol. The molecule has 0 heterocycles. The lowest BCUT2D eigenvalue weighted by molar-refractivity contribution is -0.138. The maximum absolute atomic E-state index is 10.9. The van der Waals surface area contributed by atoms with E-state index >= 15 is 0 Å². The number of hydrogen-bond acceptors (Lipinski definition) is 6. The molecule has 0 aliphatic heterocycles. The van der Waals surface area contributed by atoms with E-state index < -0.39 is 22.1 Å². The Kier molecular flexibility index (Phi) is 4.87. The van der Waals surface area contributed by atoms with Crippen LogP contribution in [-0.2, 0) is 32.1 Å². The summed E-state index contributed by atoms with van der Waals surface area (Å²) in [5, 5.41) is 8.72. The first kappa shape index (κ1) is 15.4. The molecule has 7 nitrogen and oxygen atoms in total. The molecule has 5 N–H and O–H groups in total. The Hall–Kier alpha value is -1.64. The second-order valence-corrected chi connectivity index (χ2v) is 5.79. The second kappa shape index (κ2) is 6.00. The van der Waals surface area contributed by atoms with Gasteiger partial charge < -0.3 is 16.6 Å². The van der Waals surface area contributed by atoms with Crippen molar-refractivity contribution in [3.8, 4) is 0 Å². The Bertz CT molecular complexity index is 570. The number of carboxylic acid groups (broad SMARTS) is 1. The summed E-state index contributed by atoms with van der Waals surface area (Å²) in [7, 11) is -3.56. The number of hydrogen-bond donors (Lipinski definition) is 3. The number of anilines is 1. The van der Waals surface area contributed by atoms with Crippen LogP contribution in [-0.4, -0.2) is 31.8 Å². The van der Waals surface area contributed by atoms with Gasteiger partial charge in [-0.15, -0.1) is 0 Å². The summed E-state index contributed by atoms with van der Waals surface area (Å²) in [4.78, 5) is 10.7. The predicted octanol–water partition coefficient (Wildman–Crippen LogP) is -0.301. The van der Waals surface area contributed by atoms with Crippen LogP contribution in [0.15, 0.2) is 18.2 Å². The standard InChI is InChI=1S/C11H16N2O5S/c1-19(16,17)18-6-8-4-7(2-3-9(8)12)5-10(13)11(14)15/h2-4,10H,5-6,12-13H2,1H3,(H,14,15)/t10-/m0/s1. The number of rotatable bonds is 6. The Morgan fingerprint density at radius 1 is 1.47 bits per heavy atom. The molecule has 1 rings (SSSR count). The normalized spacial score (nSPS) is 13.2. The molecule has 0 aromatic heterocycles. The molecule has 0 fully saturated rings. The molecule has 19 heavy (non-hydrogen) atoms. The highest BCUT2D eigenvalue weighted by Gasteiger charge is 2.13. The fourth-order valence-electron chi connectivity index (χ4n) is 1.42. The lowest BCUT2D eigenvalue weighted by atomic mass is 10.0. The first-order valence-electron chi connectivity index (χ1n) is 5.39. The third kappa shape index (κ3) is 5.25. The Morgan fingerprint density at radius 2 is 2.11 bits per heavy atom. The summed E-state index contributed by atoms with van der Waals surface area (Å²) in [6.45, 7) is -0.194. The minimum atomic E-state index is -3.56. The van der Waals surface area contributed by atoms with E-state index in [2.05, 4.69) is 4.18 Å². The summed E-state index contributed by atoms with van der Waals surface area (Å²) in [5.41, 5.74) is 12.6. The van der Waals surface area contributed by atoms with Crippen molar-refractivity contribution >= 4 is 21.8 Å². The topological polar surface area (TPSA) is 133 Å². The third-order valence-electron chi connectivity index (χ3n) is 2.41. The van der Waals surface area contributed by atoms with Crippen molar-refractivity contribution in [2.75, 3.05) is 12.0 Å². The van der Waals surface area contributed by atoms with Gasteiger partial charge in [0.1, 0.15) is 6.04 Å². The average Bonchev–Trinajstić information content (AvgIpc) is 2.28. The number of carboxylic acids is 1. The molecule has 0 saturated heterocycles. The number of benzene rings is 1. The van der Waals surface area contributed by atoms with Crippen LogP contribution in [0.5, 0.6) is 0 Å². The molecular formula is C11H16N2O5S. The molecule has 0 saturated carbocycles. The zero-order valence-corrected chi connectivity index (χ0v) is 11.2. The van der Waals surface area contributed by atoms with Gasteiger partial charge in [0.25, 0.3) is 10.1 Å². The molecular weight excluding hydrogens is 272 g/mol. The van der Waals surface area contributed by atoms with Gasteiger partial charge in [0.2, 0.25) is 0 Å². The van der Waals surface area contributed by atoms with E-state index in [1.54, 1.807) is 18.2 Å². The monoisotopic (exact) mass is 288 g/mol. The minimum absolute atomic E-state index is 0.126. The maximum Gasteiger partial charge on any atom is 0.320 e. The Labute approximate surface area is 111 Å². The van der Waals surface area contributed by atoms with E-state index in [4.69, 9.17) is 16.6 Å². The van der Waals surface area contributed by atoms with Crippen LogP contribution in [0.4, 0.5) is 5.69 Å². The zero-order chi connectivity index (χ0) is 14.6. The molecule has 0 aliphatic carbocycles. The van der Waals surface area contributed by atoms with Crippen LogP contribution in [0.3, 0.4) is 0 Å². The summed E-state index contributed by atoms with van der Waals surface area (Å²) < 4.78 is 26.5. The first-order valence-corrected chi connectivity index (χ1v) is 7.21. The summed E-state index contributed by atoms with van der Waals surface area (Å²) in [5.74, 6) is -1.11. The van der Waals surface area contributed by atoms with Crippen LogP contribution >= 0.6 is 0 Å². The molecule has 8 heteroatoms. The van der Waals surface area contributed by atoms with E-state index in [-0.39, 0.29) is 13.0 Å². The summed E-state index contributed by atoms with van der Waals surface area (Å²) in [6.07, 6.45) is 1.06. The van der Waals surface area contributed by atoms with Crippen LogP contribution in [0.1, 0.15) is 11.1 Å². The van der Waals surface area contributed by atoms with Gasteiger partial charge in [-0.3, -0.25) is 8.98 Å². The van der Waals surface area contributed by atoms with E-state index in [1.165, 1.54) is 0 Å². The highest BCUT2D eigenvalue weighted by Crippen LogP contribution is 2.17. The molecule has 1 atom stereocenters. The smallest absolute Gasteiger partial charge is 0.320 e. The second-order valence-electron chi connectivity index (χ2n) is 4.15. The van der Waals surface area contributed by atoms with Crippen LogP contribution in [0.2, 0.25) is 0 Å². The molecule has 0 aliphatic rings. The molecule has 106 valence electrons. The van der Waals surface area contributed by atoms with Gasteiger partial charge in [-0.2, -0.15) is 8.42 Å². The first-order chi connectivity index (χ1) is 8.69. The lowest BCUT2D eigenvalue weighted by Gasteiger charge is -2.10. The van der Waals surface area contributed by atoms with E-state index in [9.17, 15) is 13.2 Å². The van der Waals surface area contributed by atoms with Crippen molar-refractivity contribution < 1.29 is 22.5 Å². The Balaban J connectivity index is 2.85. The number of nitrogens with two attached hydrogens (primary N) is 2. The van der Waals surface area contributed by atoms with Gasteiger partial charge in [0.05, 0.1) is 12.9 Å². The number of carbonyl (C=O) groups is 1. The molecule has 1 aromatic rings. The lowest BCUT2D eigenvalue weighted by Crippen LogP contribution is -2.32. The molecule has 0 spiro atoms. The van der Waals surface area contributed by atoms with E-state index in [0.717, 1.165) is 6.26 Å². The van der Waals surface area contributed by atoms with Crippen LogP contribution in [0, 0.1) is 0 Å². The van der Waals surface area contributed by atoms with Gasteiger partial charge in [-0.25, -0.2) is 0 Å². The van der Waals surface area contributed by atoms with Crippen molar-refractivity contribution in [3.63, 3.8) is 0 Å².